The molecule has 4 bridgehead atoms. The van der Waals surface area contributed by atoms with Crippen LogP contribution in [0.5, 0.6) is 0 Å². The third kappa shape index (κ3) is 3.37. The maximum atomic E-state index is 13.3. The molecule has 3 nitrogen and oxygen atoms in total. The van der Waals surface area contributed by atoms with Crippen molar-refractivity contribution in [2.45, 2.75) is 69.1 Å². The molecule has 5 fully saturated rings. The molecule has 5 aliphatic rings. The van der Waals surface area contributed by atoms with E-state index in [1.807, 2.05) is 0 Å². The number of benzene rings is 1. The Morgan fingerprint density at radius 1 is 0.963 bits per heavy atom. The smallest absolute Gasteiger partial charge is 0.230 e. The van der Waals surface area contributed by atoms with Gasteiger partial charge in [0.05, 0.1) is 5.41 Å². The summed E-state index contributed by atoms with van der Waals surface area (Å²) in [6, 6.07) is 8.50. The van der Waals surface area contributed by atoms with Crippen LogP contribution in [0.3, 0.4) is 0 Å². The molecular formula is C23H31ClN2O. The van der Waals surface area contributed by atoms with Crippen LogP contribution in [0.1, 0.15) is 64.2 Å². The zero-order valence-electron chi connectivity index (χ0n) is 16.2. The summed E-state index contributed by atoms with van der Waals surface area (Å²) in [4.78, 5) is 15.6. The Kier molecular flexibility index (Phi) is 4.42. The molecule has 1 N–H and O–H groups in total. The zero-order chi connectivity index (χ0) is 18.5. The maximum absolute atomic E-state index is 13.3. The first-order valence-electron chi connectivity index (χ1n) is 10.9. The second-order valence-corrected chi connectivity index (χ2v) is 10.6. The first-order chi connectivity index (χ1) is 13.0. The Balaban J connectivity index is 1.28. The van der Waals surface area contributed by atoms with Gasteiger partial charge in [-0.3, -0.25) is 4.79 Å². The van der Waals surface area contributed by atoms with Crippen molar-refractivity contribution in [1.82, 2.24) is 0 Å². The van der Waals surface area contributed by atoms with E-state index in [4.69, 9.17) is 11.6 Å². The lowest BCUT2D eigenvalue weighted by atomic mass is 9.49. The van der Waals surface area contributed by atoms with Gasteiger partial charge in [-0.1, -0.05) is 12.8 Å². The van der Waals surface area contributed by atoms with Gasteiger partial charge in [-0.15, -0.1) is 11.6 Å². The third-order valence-corrected chi connectivity index (χ3v) is 8.01. The van der Waals surface area contributed by atoms with Gasteiger partial charge in [0.1, 0.15) is 0 Å². The Bertz CT molecular complexity index is 694. The van der Waals surface area contributed by atoms with Crippen molar-refractivity contribution in [2.75, 3.05) is 23.3 Å². The Labute approximate surface area is 167 Å². The van der Waals surface area contributed by atoms with E-state index < -0.39 is 0 Å². The second-order valence-electron chi connectivity index (χ2n) is 9.79. The van der Waals surface area contributed by atoms with Gasteiger partial charge in [0, 0.05) is 29.3 Å². The van der Waals surface area contributed by atoms with E-state index in [2.05, 4.69) is 34.5 Å². The number of carbonyl (C=O) groups is 1. The number of hydrogen-bond acceptors (Lipinski definition) is 2. The van der Waals surface area contributed by atoms with Gasteiger partial charge in [-0.2, -0.15) is 0 Å². The van der Waals surface area contributed by atoms with E-state index in [9.17, 15) is 4.79 Å². The number of halogens is 1. The topological polar surface area (TPSA) is 32.3 Å². The van der Waals surface area contributed by atoms with Crippen LogP contribution in [-0.2, 0) is 4.79 Å². The predicted octanol–water partition coefficient (Wildman–Crippen LogP) is 5.58. The number of hydrogen-bond donors (Lipinski definition) is 1. The molecule has 1 aromatic carbocycles. The van der Waals surface area contributed by atoms with E-state index >= 15 is 0 Å². The van der Waals surface area contributed by atoms with Gasteiger partial charge in [-0.25, -0.2) is 0 Å². The van der Waals surface area contributed by atoms with Crippen molar-refractivity contribution < 1.29 is 4.79 Å². The molecule has 4 aliphatic carbocycles. The van der Waals surface area contributed by atoms with E-state index in [-0.39, 0.29) is 16.2 Å². The molecule has 27 heavy (non-hydrogen) atoms. The van der Waals surface area contributed by atoms with Crippen LogP contribution in [0.25, 0.3) is 0 Å². The SMILES string of the molecule is O=C(Nc1ccc(N2CCCCCC2)cc1)C12C[C@@H]3C[C@@H](CC(Cl)(C3)C1)C2. The molecule has 1 aromatic rings. The molecule has 4 heteroatoms. The van der Waals surface area contributed by atoms with Crippen molar-refractivity contribution in [3.63, 3.8) is 0 Å². The second kappa shape index (κ2) is 6.69. The highest BCUT2D eigenvalue weighted by atomic mass is 35.5. The van der Waals surface area contributed by atoms with Gasteiger partial charge in [0.15, 0.2) is 0 Å². The quantitative estimate of drug-likeness (QED) is 0.687. The molecule has 1 heterocycles. The highest BCUT2D eigenvalue weighted by Crippen LogP contribution is 2.64. The van der Waals surface area contributed by atoms with Gasteiger partial charge in [-0.05, 0) is 87.5 Å². The number of carbonyl (C=O) groups excluding carboxylic acids is 1. The van der Waals surface area contributed by atoms with Gasteiger partial charge in [0.25, 0.3) is 0 Å². The number of nitrogens with zero attached hydrogens (tertiary/aromatic N) is 1. The van der Waals surface area contributed by atoms with Crippen LogP contribution >= 0.6 is 11.6 Å². The van der Waals surface area contributed by atoms with Crippen molar-refractivity contribution >= 4 is 28.9 Å². The summed E-state index contributed by atoms with van der Waals surface area (Å²) < 4.78 is 0. The average Bonchev–Trinajstić information content (AvgIpc) is 2.90. The van der Waals surface area contributed by atoms with Crippen molar-refractivity contribution in [3.8, 4) is 0 Å². The molecule has 1 amide bonds. The van der Waals surface area contributed by atoms with Crippen LogP contribution in [0, 0.1) is 17.3 Å². The Hall–Kier alpha value is -1.22. The number of rotatable bonds is 3. The largest absolute Gasteiger partial charge is 0.372 e. The number of alkyl halides is 1. The molecule has 2 unspecified atom stereocenters. The van der Waals surface area contributed by atoms with Crippen molar-refractivity contribution in [2.24, 2.45) is 17.3 Å². The number of amides is 1. The maximum Gasteiger partial charge on any atom is 0.230 e. The summed E-state index contributed by atoms with van der Waals surface area (Å²) in [6.07, 6.45) is 11.7. The summed E-state index contributed by atoms with van der Waals surface area (Å²) in [5, 5.41) is 3.24. The average molecular weight is 387 g/mol. The lowest BCUT2D eigenvalue weighted by Crippen LogP contribution is -2.57. The summed E-state index contributed by atoms with van der Waals surface area (Å²) in [6.45, 7) is 2.30. The molecule has 0 spiro atoms. The number of nitrogens with one attached hydrogen (secondary N) is 1. The Morgan fingerprint density at radius 3 is 2.19 bits per heavy atom. The molecule has 6 rings (SSSR count). The summed E-state index contributed by atoms with van der Waals surface area (Å²) in [7, 11) is 0. The molecule has 1 aliphatic heterocycles. The standard InChI is InChI=1S/C23H31ClN2O/c24-23-14-17-11-18(15-23)13-22(12-17,16-23)21(27)25-19-5-7-20(8-6-19)26-9-3-1-2-4-10-26/h5-8,17-18H,1-4,9-16H2,(H,25,27)/t17-,18+,22?,23?. The first kappa shape index (κ1) is 17.8. The molecule has 1 saturated heterocycles. The lowest BCUT2D eigenvalue weighted by Gasteiger charge is -2.59. The third-order valence-electron chi connectivity index (χ3n) is 7.57. The normalized spacial score (nSPS) is 37.9. The summed E-state index contributed by atoms with van der Waals surface area (Å²) in [5.41, 5.74) is 1.98. The van der Waals surface area contributed by atoms with Crippen LogP contribution in [0.15, 0.2) is 24.3 Å². The zero-order valence-corrected chi connectivity index (χ0v) is 16.9. The highest BCUT2D eigenvalue weighted by molar-refractivity contribution is 6.24. The van der Waals surface area contributed by atoms with Gasteiger partial charge in [0.2, 0.25) is 5.91 Å². The first-order valence-corrected chi connectivity index (χ1v) is 11.3. The summed E-state index contributed by atoms with van der Waals surface area (Å²) in [5.74, 6) is 1.52. The lowest BCUT2D eigenvalue weighted by molar-refractivity contribution is -0.138. The summed E-state index contributed by atoms with van der Waals surface area (Å²) >= 11 is 6.90. The van der Waals surface area contributed by atoms with Crippen molar-refractivity contribution in [3.05, 3.63) is 24.3 Å². The molecule has 0 aromatic heterocycles. The monoisotopic (exact) mass is 386 g/mol. The fraction of sp³-hybridized carbons (Fsp3) is 0.696. The Morgan fingerprint density at radius 2 is 1.59 bits per heavy atom. The fourth-order valence-corrected chi connectivity index (χ4v) is 7.46. The molecular weight excluding hydrogens is 356 g/mol. The molecule has 4 saturated carbocycles. The van der Waals surface area contributed by atoms with Gasteiger partial charge < -0.3 is 10.2 Å². The van der Waals surface area contributed by atoms with E-state index in [1.54, 1.807) is 0 Å². The van der Waals surface area contributed by atoms with Crippen LogP contribution in [0.4, 0.5) is 11.4 Å². The highest BCUT2D eigenvalue weighted by Gasteiger charge is 2.60. The van der Waals surface area contributed by atoms with Crippen LogP contribution in [0.2, 0.25) is 0 Å². The molecule has 0 radical (unpaired) electrons. The van der Waals surface area contributed by atoms with Gasteiger partial charge >= 0.3 is 0 Å². The number of anilines is 2. The minimum atomic E-state index is -0.227. The minimum absolute atomic E-state index is 0.113. The van der Waals surface area contributed by atoms with Crippen molar-refractivity contribution in [1.29, 1.82) is 0 Å². The predicted molar refractivity (Wildman–Crippen MR) is 111 cm³/mol. The van der Waals surface area contributed by atoms with E-state index in [1.165, 1.54) is 37.8 Å². The fourth-order valence-electron chi connectivity index (χ4n) is 6.76. The molecule has 146 valence electrons. The van der Waals surface area contributed by atoms with E-state index in [0.29, 0.717) is 11.8 Å². The van der Waals surface area contributed by atoms with Crippen LogP contribution in [-0.4, -0.2) is 23.9 Å². The van der Waals surface area contributed by atoms with Crippen LogP contribution < -0.4 is 10.2 Å². The molecule has 4 atom stereocenters. The van der Waals surface area contributed by atoms with E-state index in [0.717, 1.165) is 50.9 Å². The minimum Gasteiger partial charge on any atom is -0.372 e.